The van der Waals surface area contributed by atoms with Gasteiger partial charge in [-0.25, -0.2) is 5.01 Å². The maximum absolute atomic E-state index is 12.5. The van der Waals surface area contributed by atoms with Gasteiger partial charge in [-0.2, -0.15) is 5.10 Å². The highest BCUT2D eigenvalue weighted by atomic mass is 32.1. The Kier molecular flexibility index (Phi) is 5.05. The van der Waals surface area contributed by atoms with Crippen LogP contribution in [0.4, 0.5) is 0 Å². The lowest BCUT2D eigenvalue weighted by atomic mass is 10.0. The number of carboxylic acid groups (broad SMARTS) is 1. The van der Waals surface area contributed by atoms with Crippen molar-refractivity contribution >= 4 is 28.9 Å². The fourth-order valence-corrected chi connectivity index (χ4v) is 3.56. The lowest BCUT2D eigenvalue weighted by Gasteiger charge is -2.20. The zero-order valence-electron chi connectivity index (χ0n) is 13.1. The number of benzene rings is 1. The first-order valence-corrected chi connectivity index (χ1v) is 8.73. The van der Waals surface area contributed by atoms with E-state index in [4.69, 9.17) is 5.11 Å². The van der Waals surface area contributed by atoms with Crippen molar-refractivity contribution in [1.29, 1.82) is 0 Å². The van der Waals surface area contributed by atoms with Gasteiger partial charge in [-0.3, -0.25) is 9.59 Å². The molecular formula is C18H18N2O3S. The van der Waals surface area contributed by atoms with Gasteiger partial charge in [0.2, 0.25) is 5.91 Å². The third-order valence-electron chi connectivity index (χ3n) is 3.93. The van der Waals surface area contributed by atoms with Gasteiger partial charge in [0.15, 0.2) is 0 Å². The summed E-state index contributed by atoms with van der Waals surface area (Å²) < 4.78 is 0. The number of nitrogens with zero attached hydrogens (tertiary/aromatic N) is 2. The van der Waals surface area contributed by atoms with Gasteiger partial charge in [-0.1, -0.05) is 36.4 Å². The lowest BCUT2D eigenvalue weighted by Crippen LogP contribution is -2.26. The molecule has 0 radical (unpaired) electrons. The van der Waals surface area contributed by atoms with Crippen molar-refractivity contribution in [3.8, 4) is 0 Å². The van der Waals surface area contributed by atoms with Crippen LogP contribution in [0.25, 0.3) is 0 Å². The monoisotopic (exact) mass is 342 g/mol. The molecule has 2 heterocycles. The first kappa shape index (κ1) is 16.4. The molecule has 24 heavy (non-hydrogen) atoms. The van der Waals surface area contributed by atoms with Gasteiger partial charge in [-0.05, 0) is 23.4 Å². The van der Waals surface area contributed by atoms with E-state index >= 15 is 0 Å². The molecule has 0 fully saturated rings. The molecule has 0 aliphatic carbocycles. The largest absolute Gasteiger partial charge is 0.481 e. The van der Waals surface area contributed by atoms with Gasteiger partial charge in [0.25, 0.3) is 0 Å². The van der Waals surface area contributed by atoms with Crippen LogP contribution in [0.1, 0.15) is 42.2 Å². The molecule has 1 unspecified atom stereocenters. The van der Waals surface area contributed by atoms with Crippen molar-refractivity contribution in [2.75, 3.05) is 0 Å². The van der Waals surface area contributed by atoms with E-state index in [1.54, 1.807) is 11.3 Å². The number of carbonyl (C=O) groups excluding carboxylic acids is 1. The molecule has 3 rings (SSSR count). The molecule has 124 valence electrons. The second-order valence-electron chi connectivity index (χ2n) is 5.63. The second-order valence-corrected chi connectivity index (χ2v) is 6.61. The zero-order valence-corrected chi connectivity index (χ0v) is 13.9. The number of amides is 1. The molecule has 2 aromatic rings. The number of hydrogen-bond donors (Lipinski definition) is 1. The Bertz CT molecular complexity index is 741. The van der Waals surface area contributed by atoms with Gasteiger partial charge in [0.1, 0.15) is 0 Å². The molecule has 6 heteroatoms. The van der Waals surface area contributed by atoms with E-state index in [-0.39, 0.29) is 24.8 Å². The minimum atomic E-state index is -0.882. The van der Waals surface area contributed by atoms with Crippen LogP contribution < -0.4 is 0 Å². The Morgan fingerprint density at radius 2 is 1.96 bits per heavy atom. The van der Waals surface area contributed by atoms with Gasteiger partial charge in [-0.15, -0.1) is 11.3 Å². The van der Waals surface area contributed by atoms with Crippen molar-refractivity contribution in [2.24, 2.45) is 5.10 Å². The Morgan fingerprint density at radius 1 is 1.17 bits per heavy atom. The van der Waals surface area contributed by atoms with E-state index in [0.29, 0.717) is 12.8 Å². The average Bonchev–Trinajstić information content (AvgIpc) is 3.24. The first-order valence-electron chi connectivity index (χ1n) is 7.85. The van der Waals surface area contributed by atoms with Crippen LogP contribution >= 0.6 is 11.3 Å². The minimum Gasteiger partial charge on any atom is -0.481 e. The summed E-state index contributed by atoms with van der Waals surface area (Å²) in [6.07, 6.45) is 1.20. The first-order chi connectivity index (χ1) is 11.6. The highest BCUT2D eigenvalue weighted by Gasteiger charge is 2.33. The Hall–Kier alpha value is -2.47. The summed E-state index contributed by atoms with van der Waals surface area (Å²) in [6, 6.07) is 13.7. The molecule has 1 atom stereocenters. The van der Waals surface area contributed by atoms with E-state index in [2.05, 4.69) is 5.10 Å². The summed E-state index contributed by atoms with van der Waals surface area (Å²) in [5.74, 6) is -1.01. The normalized spacial score (nSPS) is 16.9. The molecule has 0 saturated carbocycles. The molecule has 1 aromatic heterocycles. The average molecular weight is 342 g/mol. The molecule has 1 aliphatic rings. The predicted molar refractivity (Wildman–Crippen MR) is 93.0 cm³/mol. The van der Waals surface area contributed by atoms with Crippen LogP contribution in [0.3, 0.4) is 0 Å². The molecule has 0 bridgehead atoms. The number of hydrogen-bond acceptors (Lipinski definition) is 4. The highest BCUT2D eigenvalue weighted by Crippen LogP contribution is 2.35. The third-order valence-corrected chi connectivity index (χ3v) is 4.90. The number of carbonyl (C=O) groups is 2. The molecule has 1 aliphatic heterocycles. The number of thiophene rings is 1. The Labute approximate surface area is 144 Å². The predicted octanol–water partition coefficient (Wildman–Crippen LogP) is 3.68. The van der Waals surface area contributed by atoms with Crippen molar-refractivity contribution < 1.29 is 14.7 Å². The van der Waals surface area contributed by atoms with Crippen LogP contribution in [0, 0.1) is 0 Å². The number of hydrazone groups is 1. The van der Waals surface area contributed by atoms with Crippen LogP contribution in [0.2, 0.25) is 0 Å². The lowest BCUT2D eigenvalue weighted by molar-refractivity contribution is -0.137. The molecule has 0 saturated heterocycles. The van der Waals surface area contributed by atoms with Gasteiger partial charge >= 0.3 is 5.97 Å². The topological polar surface area (TPSA) is 70.0 Å². The summed E-state index contributed by atoms with van der Waals surface area (Å²) in [5.41, 5.74) is 1.90. The van der Waals surface area contributed by atoms with Crippen molar-refractivity contribution in [1.82, 2.24) is 5.01 Å². The van der Waals surface area contributed by atoms with E-state index < -0.39 is 5.97 Å². The summed E-state index contributed by atoms with van der Waals surface area (Å²) in [7, 11) is 0. The van der Waals surface area contributed by atoms with Gasteiger partial charge < -0.3 is 5.11 Å². The maximum Gasteiger partial charge on any atom is 0.303 e. The zero-order chi connectivity index (χ0) is 16.9. The molecule has 0 spiro atoms. The van der Waals surface area contributed by atoms with E-state index in [1.165, 1.54) is 5.01 Å². The SMILES string of the molecule is O=C(O)CCCC(=O)N1N=C(c2ccccc2)CC1c1cccs1. The second kappa shape index (κ2) is 7.40. The fraction of sp³-hybridized carbons (Fsp3) is 0.278. The Morgan fingerprint density at radius 3 is 2.62 bits per heavy atom. The molecule has 5 nitrogen and oxygen atoms in total. The maximum atomic E-state index is 12.5. The fourth-order valence-electron chi connectivity index (χ4n) is 2.75. The van der Waals surface area contributed by atoms with E-state index in [9.17, 15) is 9.59 Å². The van der Waals surface area contributed by atoms with E-state index in [1.807, 2.05) is 47.8 Å². The summed E-state index contributed by atoms with van der Waals surface area (Å²) in [5, 5.41) is 16.8. The highest BCUT2D eigenvalue weighted by molar-refractivity contribution is 7.10. The summed E-state index contributed by atoms with van der Waals surface area (Å²) in [6.45, 7) is 0. The van der Waals surface area contributed by atoms with Gasteiger partial charge in [0, 0.05) is 24.1 Å². The molecule has 1 aromatic carbocycles. The summed E-state index contributed by atoms with van der Waals surface area (Å²) in [4.78, 5) is 24.3. The number of aliphatic carboxylic acids is 1. The smallest absolute Gasteiger partial charge is 0.303 e. The Balaban J connectivity index is 1.79. The standard InChI is InChI=1S/C18H18N2O3S/c21-17(9-4-10-18(22)23)20-15(16-8-5-11-24-16)12-14(19-20)13-6-2-1-3-7-13/h1-3,5-8,11,15H,4,9-10,12H2,(H,22,23). The number of carboxylic acids is 1. The van der Waals surface area contributed by atoms with Crippen molar-refractivity contribution in [3.63, 3.8) is 0 Å². The third kappa shape index (κ3) is 3.71. The molecule has 1 amide bonds. The van der Waals surface area contributed by atoms with Crippen LogP contribution in [0.5, 0.6) is 0 Å². The van der Waals surface area contributed by atoms with E-state index in [0.717, 1.165) is 16.2 Å². The van der Waals surface area contributed by atoms with Crippen LogP contribution in [-0.2, 0) is 9.59 Å². The number of rotatable bonds is 6. The van der Waals surface area contributed by atoms with Crippen molar-refractivity contribution in [2.45, 2.75) is 31.7 Å². The molecule has 1 N–H and O–H groups in total. The van der Waals surface area contributed by atoms with Crippen LogP contribution in [-0.4, -0.2) is 27.7 Å². The summed E-state index contributed by atoms with van der Waals surface area (Å²) >= 11 is 1.61. The van der Waals surface area contributed by atoms with Gasteiger partial charge in [0.05, 0.1) is 11.8 Å². The van der Waals surface area contributed by atoms with Crippen molar-refractivity contribution in [3.05, 3.63) is 58.3 Å². The molecular weight excluding hydrogens is 324 g/mol. The quantitative estimate of drug-likeness (QED) is 0.870. The van der Waals surface area contributed by atoms with Crippen LogP contribution in [0.15, 0.2) is 52.9 Å². The minimum absolute atomic E-state index is 0.00148.